The van der Waals surface area contributed by atoms with Gasteiger partial charge in [-0.3, -0.25) is 13.9 Å². The summed E-state index contributed by atoms with van der Waals surface area (Å²) in [6.07, 6.45) is -0.919. The zero-order valence-electron chi connectivity index (χ0n) is 14.8. The number of aliphatic hydroxyl groups is 1. The molecule has 2 aromatic heterocycles. The van der Waals surface area contributed by atoms with Crippen LogP contribution in [0.3, 0.4) is 0 Å². The number of rotatable bonds is 5. The first-order valence-corrected chi connectivity index (χ1v) is 8.09. The van der Waals surface area contributed by atoms with E-state index in [2.05, 4.69) is 4.98 Å². The van der Waals surface area contributed by atoms with E-state index < -0.39 is 17.4 Å². The highest BCUT2D eigenvalue weighted by Crippen LogP contribution is 2.15. The van der Waals surface area contributed by atoms with Gasteiger partial charge < -0.3 is 20.1 Å². The summed E-state index contributed by atoms with van der Waals surface area (Å²) in [6, 6.07) is 7.45. The lowest BCUT2D eigenvalue weighted by Crippen LogP contribution is -2.38. The fourth-order valence-electron chi connectivity index (χ4n) is 2.74. The number of hydrogen-bond donors (Lipinski definition) is 2. The Hall–Kier alpha value is -3.07. The molecule has 26 heavy (non-hydrogen) atoms. The molecule has 0 spiro atoms. The average molecular weight is 359 g/mol. The first-order valence-electron chi connectivity index (χ1n) is 8.09. The molecule has 0 saturated carbocycles. The molecule has 0 aliphatic rings. The molecule has 3 aromatic rings. The quantitative estimate of drug-likeness (QED) is 0.649. The molecule has 2 heterocycles. The molecule has 0 amide bonds. The number of aromatic nitrogens is 4. The van der Waals surface area contributed by atoms with Crippen LogP contribution in [-0.2, 0) is 20.6 Å². The van der Waals surface area contributed by atoms with Gasteiger partial charge in [-0.1, -0.05) is 17.7 Å². The topological polar surface area (TPSA) is 117 Å². The van der Waals surface area contributed by atoms with Crippen LogP contribution in [0.15, 0.2) is 33.9 Å². The Labute approximate surface area is 148 Å². The molecule has 1 aromatic carbocycles. The lowest BCUT2D eigenvalue weighted by atomic mass is 10.2. The number of benzene rings is 1. The van der Waals surface area contributed by atoms with Crippen molar-refractivity contribution in [3.63, 3.8) is 0 Å². The number of nitrogen functional groups attached to an aromatic ring is 1. The predicted octanol–water partition coefficient (Wildman–Crippen LogP) is -0.236. The summed E-state index contributed by atoms with van der Waals surface area (Å²) in [5.74, 6) is 0.684. The molecule has 3 rings (SSSR count). The highest BCUT2D eigenvalue weighted by Gasteiger charge is 2.19. The molecular formula is C17H21N5O4. The molecule has 9 nitrogen and oxygen atoms in total. The minimum atomic E-state index is -0.919. The number of imidazole rings is 1. The van der Waals surface area contributed by atoms with Gasteiger partial charge in [0, 0.05) is 14.1 Å². The number of aliphatic hydroxyl groups excluding tert-OH is 1. The molecule has 0 bridgehead atoms. The van der Waals surface area contributed by atoms with Gasteiger partial charge in [-0.25, -0.2) is 4.79 Å². The summed E-state index contributed by atoms with van der Waals surface area (Å²) >= 11 is 0. The lowest BCUT2D eigenvalue weighted by molar-refractivity contribution is 0.0938. The van der Waals surface area contributed by atoms with Crippen molar-refractivity contribution in [3.8, 4) is 5.75 Å². The normalized spacial score (nSPS) is 12.5. The van der Waals surface area contributed by atoms with E-state index in [0.29, 0.717) is 5.75 Å². The second kappa shape index (κ2) is 6.68. The Morgan fingerprint density at radius 2 is 1.85 bits per heavy atom. The molecule has 138 valence electrons. The maximum absolute atomic E-state index is 12.4. The predicted molar refractivity (Wildman–Crippen MR) is 97.3 cm³/mol. The smallest absolute Gasteiger partial charge is 0.332 e. The molecule has 0 fully saturated rings. The first-order chi connectivity index (χ1) is 12.3. The van der Waals surface area contributed by atoms with Crippen LogP contribution in [0.2, 0.25) is 0 Å². The molecule has 0 saturated heterocycles. The van der Waals surface area contributed by atoms with E-state index in [1.54, 1.807) is 0 Å². The maximum Gasteiger partial charge on any atom is 0.332 e. The van der Waals surface area contributed by atoms with Crippen molar-refractivity contribution >= 4 is 17.1 Å². The van der Waals surface area contributed by atoms with E-state index in [-0.39, 0.29) is 30.3 Å². The lowest BCUT2D eigenvalue weighted by Gasteiger charge is -2.14. The Morgan fingerprint density at radius 1 is 1.19 bits per heavy atom. The molecule has 0 radical (unpaired) electrons. The first kappa shape index (κ1) is 17.7. The molecule has 0 unspecified atom stereocenters. The van der Waals surface area contributed by atoms with Crippen LogP contribution in [0.1, 0.15) is 5.56 Å². The molecule has 3 N–H and O–H groups in total. The zero-order chi connectivity index (χ0) is 19.0. The number of fused-ring (bicyclic) bond motifs is 1. The van der Waals surface area contributed by atoms with Gasteiger partial charge >= 0.3 is 5.69 Å². The van der Waals surface area contributed by atoms with Crippen LogP contribution >= 0.6 is 0 Å². The summed E-state index contributed by atoms with van der Waals surface area (Å²) in [6.45, 7) is 2.01. The summed E-state index contributed by atoms with van der Waals surface area (Å²) in [5.41, 5.74) is 6.35. The van der Waals surface area contributed by atoms with Gasteiger partial charge in [0.15, 0.2) is 11.2 Å². The fraction of sp³-hybridized carbons (Fsp3) is 0.353. The standard InChI is InChI=1S/C17H21N5O4/c1-10-4-6-12(7-5-10)26-9-11(23)8-22-13-14(19-16(22)18)20(2)17(25)21(3)15(13)24/h4-7,11,23H,8-9H2,1-3H3,(H2,18,19)/t11-/m1/s1. The SMILES string of the molecule is Cc1ccc(OC[C@H](O)Cn2c(N)nc3c2c(=O)n(C)c(=O)n3C)cc1. The largest absolute Gasteiger partial charge is 0.491 e. The summed E-state index contributed by atoms with van der Waals surface area (Å²) in [7, 11) is 2.90. The van der Waals surface area contributed by atoms with E-state index in [9.17, 15) is 14.7 Å². The van der Waals surface area contributed by atoms with Gasteiger partial charge in [0.1, 0.15) is 18.5 Å². The Morgan fingerprint density at radius 3 is 2.50 bits per heavy atom. The van der Waals surface area contributed by atoms with E-state index in [0.717, 1.165) is 10.1 Å². The van der Waals surface area contributed by atoms with Crippen molar-refractivity contribution in [1.82, 2.24) is 18.7 Å². The second-order valence-electron chi connectivity index (χ2n) is 6.24. The van der Waals surface area contributed by atoms with Crippen molar-refractivity contribution in [2.45, 2.75) is 19.6 Å². The van der Waals surface area contributed by atoms with E-state index >= 15 is 0 Å². The van der Waals surface area contributed by atoms with Crippen molar-refractivity contribution in [3.05, 3.63) is 50.7 Å². The minimum absolute atomic E-state index is 0.0155. The Kier molecular flexibility index (Phi) is 4.56. The number of aryl methyl sites for hydroxylation is 2. The highest BCUT2D eigenvalue weighted by molar-refractivity contribution is 5.73. The number of anilines is 1. The third kappa shape index (κ3) is 3.08. The minimum Gasteiger partial charge on any atom is -0.491 e. The number of nitrogens with zero attached hydrogens (tertiary/aromatic N) is 4. The second-order valence-corrected chi connectivity index (χ2v) is 6.24. The molecule has 0 aliphatic carbocycles. The summed E-state index contributed by atoms with van der Waals surface area (Å²) in [4.78, 5) is 28.5. The highest BCUT2D eigenvalue weighted by atomic mass is 16.5. The molecular weight excluding hydrogens is 338 g/mol. The van der Waals surface area contributed by atoms with Gasteiger partial charge in [0.2, 0.25) is 5.95 Å². The van der Waals surface area contributed by atoms with Crippen LogP contribution in [0.4, 0.5) is 5.95 Å². The summed E-state index contributed by atoms with van der Waals surface area (Å²) < 4.78 is 9.19. The van der Waals surface area contributed by atoms with Crippen LogP contribution in [0, 0.1) is 6.92 Å². The Bertz CT molecular complexity index is 1060. The maximum atomic E-state index is 12.4. The van der Waals surface area contributed by atoms with Crippen LogP contribution in [-0.4, -0.2) is 36.5 Å². The van der Waals surface area contributed by atoms with E-state index in [1.807, 2.05) is 31.2 Å². The average Bonchev–Trinajstić information content (AvgIpc) is 2.94. The third-order valence-electron chi connectivity index (χ3n) is 4.23. The van der Waals surface area contributed by atoms with Gasteiger partial charge in [-0.15, -0.1) is 0 Å². The Balaban J connectivity index is 1.86. The summed E-state index contributed by atoms with van der Waals surface area (Å²) in [5, 5.41) is 10.3. The van der Waals surface area contributed by atoms with Crippen molar-refractivity contribution in [1.29, 1.82) is 0 Å². The van der Waals surface area contributed by atoms with Gasteiger partial charge in [-0.2, -0.15) is 4.98 Å². The monoisotopic (exact) mass is 359 g/mol. The molecule has 9 heteroatoms. The molecule has 1 atom stereocenters. The van der Waals surface area contributed by atoms with Crippen molar-refractivity contribution in [2.75, 3.05) is 12.3 Å². The van der Waals surface area contributed by atoms with Crippen molar-refractivity contribution < 1.29 is 9.84 Å². The van der Waals surface area contributed by atoms with Crippen LogP contribution in [0.5, 0.6) is 5.75 Å². The van der Waals surface area contributed by atoms with E-state index in [4.69, 9.17) is 10.5 Å². The van der Waals surface area contributed by atoms with Gasteiger partial charge in [0.05, 0.1) is 6.54 Å². The zero-order valence-corrected chi connectivity index (χ0v) is 14.8. The van der Waals surface area contributed by atoms with E-state index in [1.165, 1.54) is 23.2 Å². The number of ether oxygens (including phenoxy) is 1. The van der Waals surface area contributed by atoms with Crippen LogP contribution < -0.4 is 21.7 Å². The number of nitrogens with two attached hydrogens (primary N) is 1. The third-order valence-corrected chi connectivity index (χ3v) is 4.23. The molecule has 0 aliphatic heterocycles. The van der Waals surface area contributed by atoms with Gasteiger partial charge in [-0.05, 0) is 19.1 Å². The van der Waals surface area contributed by atoms with Crippen molar-refractivity contribution in [2.24, 2.45) is 14.1 Å². The number of hydrogen-bond acceptors (Lipinski definition) is 6. The fourth-order valence-corrected chi connectivity index (χ4v) is 2.74. The van der Waals surface area contributed by atoms with Crippen LogP contribution in [0.25, 0.3) is 11.2 Å². The van der Waals surface area contributed by atoms with Gasteiger partial charge in [0.25, 0.3) is 5.56 Å².